The third-order valence-electron chi connectivity index (χ3n) is 2.87. The first-order valence-electron chi connectivity index (χ1n) is 6.18. The Bertz CT molecular complexity index is 399. The first-order valence-corrected chi connectivity index (χ1v) is 6.59. The van der Waals surface area contributed by atoms with Gasteiger partial charge in [0.25, 0.3) is 16.5 Å². The van der Waals surface area contributed by atoms with Crippen LogP contribution in [0.4, 0.5) is 8.78 Å². The molecule has 2 N–H and O–H groups in total. The molecule has 0 spiro atoms. The molecule has 0 bridgehead atoms. The van der Waals surface area contributed by atoms with Crippen molar-refractivity contribution >= 4 is 10.5 Å². The Hall–Kier alpha value is -0.823. The number of halogens is 2. The van der Waals surface area contributed by atoms with Crippen molar-refractivity contribution in [3.8, 4) is 0 Å². The minimum atomic E-state index is -2.13. The van der Waals surface area contributed by atoms with E-state index >= 15 is 0 Å². The smallest absolute Gasteiger partial charge is 0.267 e. The van der Waals surface area contributed by atoms with Crippen molar-refractivity contribution in [3.63, 3.8) is 0 Å². The molecule has 0 saturated carbocycles. The van der Waals surface area contributed by atoms with Gasteiger partial charge in [0.2, 0.25) is 0 Å². The van der Waals surface area contributed by atoms with Crippen molar-refractivity contribution in [1.29, 1.82) is 0 Å². The van der Waals surface area contributed by atoms with Crippen LogP contribution in [-0.4, -0.2) is 26.7 Å². The van der Waals surface area contributed by atoms with E-state index in [2.05, 4.69) is 14.9 Å². The van der Waals surface area contributed by atoms with Crippen molar-refractivity contribution in [3.05, 3.63) is 35.4 Å². The Morgan fingerprint density at radius 2 is 1.74 bits per heavy atom. The fraction of sp³-hybridized carbons (Fsp3) is 0.538. The number of aliphatic hydroxyl groups is 2. The average molecular weight is 287 g/mol. The number of hydrogen-bond acceptors (Lipinski definition) is 3. The van der Waals surface area contributed by atoms with Crippen molar-refractivity contribution in [2.45, 2.75) is 44.5 Å². The molecule has 3 radical (unpaired) electrons. The number of benzene rings is 1. The van der Waals surface area contributed by atoms with Crippen LogP contribution in [0, 0.1) is 11.6 Å². The van der Waals surface area contributed by atoms with Crippen LogP contribution in [0.5, 0.6) is 0 Å². The van der Waals surface area contributed by atoms with Crippen LogP contribution in [0.1, 0.15) is 37.7 Å². The van der Waals surface area contributed by atoms with Gasteiger partial charge in [-0.05, 0) is 37.0 Å². The van der Waals surface area contributed by atoms with E-state index in [0.29, 0.717) is 12.8 Å². The molecule has 6 heteroatoms. The lowest BCUT2D eigenvalue weighted by Crippen LogP contribution is -2.30. The molecule has 0 atom stereocenters. The summed E-state index contributed by atoms with van der Waals surface area (Å²) in [6, 6.07) is 3.91. The van der Waals surface area contributed by atoms with Gasteiger partial charge >= 0.3 is 0 Å². The minimum absolute atomic E-state index is 0.113. The van der Waals surface area contributed by atoms with Crippen LogP contribution in [0.15, 0.2) is 18.2 Å². The normalized spacial score (nSPS) is 11.8. The monoisotopic (exact) mass is 287 g/mol. The molecule has 0 saturated heterocycles. The topological polar surface area (TPSA) is 49.7 Å². The summed E-state index contributed by atoms with van der Waals surface area (Å²) in [6.45, 7) is 0. The van der Waals surface area contributed by atoms with Gasteiger partial charge in [-0.15, -0.1) is 0 Å². The van der Waals surface area contributed by atoms with Gasteiger partial charge in [0.15, 0.2) is 11.6 Å². The molecule has 105 valence electrons. The molecule has 0 aliphatic heterocycles. The molecule has 0 unspecified atom stereocenters. The van der Waals surface area contributed by atoms with E-state index < -0.39 is 17.6 Å². The van der Waals surface area contributed by atoms with E-state index in [1.165, 1.54) is 6.07 Å². The lowest BCUT2D eigenvalue weighted by Gasteiger charge is -2.19. The largest absolute Gasteiger partial charge is 0.371 e. The molecule has 1 aromatic rings. The molecule has 0 aliphatic rings. The summed E-state index contributed by atoms with van der Waals surface area (Å²) in [6.07, 6.45) is 3.91. The van der Waals surface area contributed by atoms with Gasteiger partial charge in [-0.25, -0.2) is 8.78 Å². The van der Waals surface area contributed by atoms with Gasteiger partial charge in [0.05, 0.1) is 0 Å². The quantitative estimate of drug-likeness (QED) is 0.438. The Kier molecular flexibility index (Phi) is 6.57. The zero-order valence-electron chi connectivity index (χ0n) is 10.5. The minimum Gasteiger partial charge on any atom is -0.371 e. The fourth-order valence-electron chi connectivity index (χ4n) is 1.78. The molecular weight excluding hydrogens is 270 g/mol. The zero-order valence-corrected chi connectivity index (χ0v) is 11.5. The van der Waals surface area contributed by atoms with Crippen molar-refractivity contribution < 1.29 is 23.4 Å². The molecule has 1 rings (SSSR count). The van der Waals surface area contributed by atoms with E-state index in [-0.39, 0.29) is 6.42 Å². The lowest BCUT2D eigenvalue weighted by molar-refractivity contribution is -0.295. The number of hydrogen-bond donors (Lipinski definition) is 2. The van der Waals surface area contributed by atoms with Gasteiger partial charge in [-0.2, -0.15) is 0 Å². The first kappa shape index (κ1) is 16.2. The SMILES string of the molecule is OC(O)(CCCCCCc1ccc(F)c(F)c1)O[Si]. The van der Waals surface area contributed by atoms with Crippen LogP contribution >= 0.6 is 0 Å². The highest BCUT2D eigenvalue weighted by molar-refractivity contribution is 5.98. The highest BCUT2D eigenvalue weighted by Crippen LogP contribution is 2.15. The van der Waals surface area contributed by atoms with Gasteiger partial charge in [-0.1, -0.05) is 18.9 Å². The summed E-state index contributed by atoms with van der Waals surface area (Å²) in [5.74, 6) is -3.78. The molecule has 0 heterocycles. The average Bonchev–Trinajstić information content (AvgIpc) is 2.37. The van der Waals surface area contributed by atoms with Crippen molar-refractivity contribution in [2.75, 3.05) is 0 Å². The maximum atomic E-state index is 12.9. The predicted molar refractivity (Wildman–Crippen MR) is 67.2 cm³/mol. The summed E-state index contributed by atoms with van der Waals surface area (Å²) < 4.78 is 29.9. The summed E-state index contributed by atoms with van der Waals surface area (Å²) >= 11 is 0. The van der Waals surface area contributed by atoms with Gasteiger partial charge in [0, 0.05) is 6.42 Å². The Morgan fingerprint density at radius 1 is 1.05 bits per heavy atom. The van der Waals surface area contributed by atoms with Crippen LogP contribution in [0.2, 0.25) is 0 Å². The lowest BCUT2D eigenvalue weighted by atomic mass is 10.0. The van der Waals surface area contributed by atoms with E-state index in [9.17, 15) is 8.78 Å². The highest BCUT2D eigenvalue weighted by atomic mass is 28.2. The molecule has 0 aliphatic carbocycles. The maximum absolute atomic E-state index is 12.9. The van der Waals surface area contributed by atoms with E-state index in [0.717, 1.165) is 30.9 Å². The highest BCUT2D eigenvalue weighted by Gasteiger charge is 2.20. The molecule has 1 aromatic carbocycles. The molecule has 3 nitrogen and oxygen atoms in total. The zero-order chi connectivity index (χ0) is 14.3. The second-order valence-electron chi connectivity index (χ2n) is 4.51. The summed E-state index contributed by atoms with van der Waals surface area (Å²) in [7, 11) is 2.58. The van der Waals surface area contributed by atoms with E-state index in [4.69, 9.17) is 10.2 Å². The number of rotatable bonds is 8. The maximum Gasteiger partial charge on any atom is 0.267 e. The van der Waals surface area contributed by atoms with Gasteiger partial charge in [-0.3, -0.25) is 0 Å². The molecule has 19 heavy (non-hydrogen) atoms. The third kappa shape index (κ3) is 6.24. The third-order valence-corrected chi connectivity index (χ3v) is 3.19. The second-order valence-corrected chi connectivity index (χ2v) is 4.71. The summed E-state index contributed by atoms with van der Waals surface area (Å²) in [4.78, 5) is 0. The van der Waals surface area contributed by atoms with Gasteiger partial charge < -0.3 is 14.6 Å². The van der Waals surface area contributed by atoms with Crippen LogP contribution in [-0.2, 0) is 10.8 Å². The predicted octanol–water partition coefficient (Wildman–Crippen LogP) is 2.20. The second kappa shape index (κ2) is 7.69. The molecule has 0 amide bonds. The van der Waals surface area contributed by atoms with Crippen LogP contribution in [0.25, 0.3) is 0 Å². The number of unbranched alkanes of at least 4 members (excludes halogenated alkanes) is 3. The van der Waals surface area contributed by atoms with Crippen LogP contribution in [0.3, 0.4) is 0 Å². The van der Waals surface area contributed by atoms with Crippen LogP contribution < -0.4 is 0 Å². The fourth-order valence-corrected chi connectivity index (χ4v) is 1.89. The standard InChI is InChI=1S/C13H17F2O3Si/c14-11-7-6-10(9-12(11)15)5-3-1-2-4-8-13(16,17)18-19/h6-7,9,16-17H,1-5,8H2. The molecular formula is C13H17F2O3Si. The van der Waals surface area contributed by atoms with Gasteiger partial charge in [0.1, 0.15) is 0 Å². The first-order chi connectivity index (χ1) is 8.94. The summed E-state index contributed by atoms with van der Waals surface area (Å²) in [5, 5.41) is 18.2. The van der Waals surface area contributed by atoms with E-state index in [1.807, 2.05) is 0 Å². The number of aryl methyl sites for hydroxylation is 1. The van der Waals surface area contributed by atoms with Crippen molar-refractivity contribution in [2.24, 2.45) is 0 Å². The summed E-state index contributed by atoms with van der Waals surface area (Å²) in [5.41, 5.74) is 0.765. The van der Waals surface area contributed by atoms with E-state index in [1.54, 1.807) is 6.07 Å². The molecule has 0 aromatic heterocycles. The Balaban J connectivity index is 2.16. The Labute approximate surface area is 114 Å². The molecule has 0 fully saturated rings. The Morgan fingerprint density at radius 3 is 2.37 bits per heavy atom. The van der Waals surface area contributed by atoms with Crippen molar-refractivity contribution in [1.82, 2.24) is 0 Å².